The first kappa shape index (κ1) is 16.4. The molecule has 1 aliphatic rings. The van der Waals surface area contributed by atoms with Gasteiger partial charge in [0.05, 0.1) is 23.3 Å². The first-order valence-corrected chi connectivity index (χ1v) is 9.18. The third-order valence-corrected chi connectivity index (χ3v) is 3.84. The van der Waals surface area contributed by atoms with E-state index in [4.69, 9.17) is 17.7 Å². The lowest BCUT2D eigenvalue weighted by Crippen LogP contribution is -2.21. The topological polar surface area (TPSA) is 70.5 Å². The van der Waals surface area contributed by atoms with E-state index in [2.05, 4.69) is 53.2 Å². The van der Waals surface area contributed by atoms with E-state index in [0.717, 1.165) is 17.7 Å². The summed E-state index contributed by atoms with van der Waals surface area (Å²) in [6.45, 7) is 0. The molecule has 0 unspecified atom stereocenters. The van der Waals surface area contributed by atoms with E-state index < -0.39 is 10.1 Å². The van der Waals surface area contributed by atoms with E-state index in [1.165, 1.54) is 22.3 Å². The van der Waals surface area contributed by atoms with E-state index in [1.807, 2.05) is 6.07 Å². The van der Waals surface area contributed by atoms with Crippen molar-refractivity contribution < 1.29 is 22.1 Å². The van der Waals surface area contributed by atoms with Crippen LogP contribution in [0, 0.1) is 0 Å². The third-order valence-electron chi connectivity index (χ3n) is 3.84. The highest BCUT2D eigenvalue weighted by molar-refractivity contribution is 7.84. The Morgan fingerprint density at radius 1 is 1.08 bits per heavy atom. The molecule has 1 aromatic carbocycles. The molecule has 1 aliphatic carbocycles. The summed E-state index contributed by atoms with van der Waals surface area (Å²) in [5, 5.41) is 0. The lowest BCUT2D eigenvalue weighted by atomic mass is 10.1. The summed E-state index contributed by atoms with van der Waals surface area (Å²) in [6.07, 6.45) is 5.91. The maximum Gasteiger partial charge on any atom is 0.214 e. The molecule has 2 aromatic heterocycles. The molecule has 0 aliphatic heterocycles. The molecular formula is C18H17NO4S. The Kier molecular flexibility index (Phi) is 4.26. The van der Waals surface area contributed by atoms with Crippen LogP contribution in [0.15, 0.2) is 54.9 Å². The van der Waals surface area contributed by atoms with Gasteiger partial charge >= 0.3 is 0 Å². The summed E-state index contributed by atoms with van der Waals surface area (Å²) in [7, 11) is -2.21. The fourth-order valence-electron chi connectivity index (χ4n) is 2.88. The van der Waals surface area contributed by atoms with Crippen LogP contribution < -0.4 is 9.14 Å². The standard InChI is InChI=1S/C17H14NO.CH4O3S/c1-19-15-6-7-18-11-13-8-12-4-2-3-5-16(12)17(13)10-14(18)9-15;1-5(2,3)4/h2-7,9-11H,8H2,1H3;1H3,(H,2,3,4)/q+1;/p-1. The summed E-state index contributed by atoms with van der Waals surface area (Å²) in [4.78, 5) is 0. The van der Waals surface area contributed by atoms with Crippen molar-refractivity contribution in [1.29, 1.82) is 0 Å². The monoisotopic (exact) mass is 343 g/mol. The van der Waals surface area contributed by atoms with Crippen molar-refractivity contribution in [1.82, 2.24) is 0 Å². The first-order valence-electron chi connectivity index (χ1n) is 7.36. The average molecular weight is 343 g/mol. The molecule has 5 nitrogen and oxygen atoms in total. The van der Waals surface area contributed by atoms with E-state index in [1.54, 1.807) is 7.11 Å². The second-order valence-electron chi connectivity index (χ2n) is 5.65. The molecule has 0 fully saturated rings. The molecule has 2 heterocycles. The average Bonchev–Trinajstić information content (AvgIpc) is 2.88. The molecule has 0 spiro atoms. The Morgan fingerprint density at radius 3 is 2.50 bits per heavy atom. The molecular weight excluding hydrogens is 326 g/mol. The number of benzene rings is 1. The molecule has 6 heteroatoms. The van der Waals surface area contributed by atoms with Crippen LogP contribution in [0.3, 0.4) is 0 Å². The second kappa shape index (κ2) is 6.22. The molecule has 0 bridgehead atoms. The number of aromatic nitrogens is 1. The predicted octanol–water partition coefficient (Wildman–Crippen LogP) is 2.17. The summed E-state index contributed by atoms with van der Waals surface area (Å²) >= 11 is 0. The molecule has 124 valence electrons. The highest BCUT2D eigenvalue weighted by Gasteiger charge is 2.21. The number of ether oxygens (including phenoxy) is 1. The van der Waals surface area contributed by atoms with Gasteiger partial charge in [-0.3, -0.25) is 0 Å². The van der Waals surface area contributed by atoms with Crippen molar-refractivity contribution in [2.24, 2.45) is 0 Å². The Morgan fingerprint density at radius 2 is 1.79 bits per heavy atom. The number of rotatable bonds is 1. The summed E-state index contributed by atoms with van der Waals surface area (Å²) in [5.74, 6) is 0.895. The minimum absolute atomic E-state index is 0.604. The van der Waals surface area contributed by atoms with Gasteiger partial charge in [0.15, 0.2) is 12.4 Å². The second-order valence-corrected chi connectivity index (χ2v) is 7.06. The van der Waals surface area contributed by atoms with Gasteiger partial charge in [0, 0.05) is 30.4 Å². The van der Waals surface area contributed by atoms with Gasteiger partial charge in [-0.25, -0.2) is 8.42 Å². The lowest BCUT2D eigenvalue weighted by molar-refractivity contribution is -0.512. The molecule has 0 saturated heterocycles. The predicted molar refractivity (Wildman–Crippen MR) is 90.0 cm³/mol. The van der Waals surface area contributed by atoms with Gasteiger partial charge in [-0.05, 0) is 16.7 Å². The van der Waals surface area contributed by atoms with Crippen molar-refractivity contribution in [2.75, 3.05) is 13.4 Å². The van der Waals surface area contributed by atoms with Crippen LogP contribution >= 0.6 is 0 Å². The lowest BCUT2D eigenvalue weighted by Gasteiger charge is -2.01. The maximum atomic E-state index is 9.08. The van der Waals surface area contributed by atoms with Gasteiger partial charge in [0.1, 0.15) is 5.75 Å². The fraction of sp³-hybridized carbons (Fsp3) is 0.167. The molecule has 0 N–H and O–H groups in total. The van der Waals surface area contributed by atoms with Crippen LogP contribution in [-0.4, -0.2) is 26.3 Å². The molecule has 0 amide bonds. The Labute approximate surface area is 140 Å². The van der Waals surface area contributed by atoms with Gasteiger partial charge in [-0.1, -0.05) is 24.3 Å². The zero-order valence-electron chi connectivity index (χ0n) is 13.4. The quantitative estimate of drug-likeness (QED) is 0.392. The first-order chi connectivity index (χ1) is 11.3. The normalized spacial score (nSPS) is 12.1. The number of pyridine rings is 2. The number of nitrogens with zero attached hydrogens (tertiary/aromatic N) is 1. The number of fused-ring (bicyclic) bond motifs is 4. The molecule has 0 atom stereocenters. The van der Waals surface area contributed by atoms with Gasteiger partial charge in [-0.2, -0.15) is 4.40 Å². The van der Waals surface area contributed by atoms with Crippen LogP contribution in [0.2, 0.25) is 0 Å². The summed E-state index contributed by atoms with van der Waals surface area (Å²) in [5.41, 5.74) is 6.69. The van der Waals surface area contributed by atoms with Crippen molar-refractivity contribution >= 4 is 15.6 Å². The highest BCUT2D eigenvalue weighted by atomic mass is 32.2. The smallest absolute Gasteiger partial charge is 0.214 e. The summed E-state index contributed by atoms with van der Waals surface area (Å²) < 4.78 is 34.7. The van der Waals surface area contributed by atoms with Crippen LogP contribution in [-0.2, 0) is 16.5 Å². The SMILES string of the molecule is COc1cc[n+]2cc3c(cc2c1)-c1ccccc1C3.CS(=O)(=O)[O-]. The van der Waals surface area contributed by atoms with Crippen LogP contribution in [0.5, 0.6) is 5.75 Å². The van der Waals surface area contributed by atoms with Crippen LogP contribution in [0.4, 0.5) is 0 Å². The van der Waals surface area contributed by atoms with Gasteiger partial charge in [0.25, 0.3) is 0 Å². The zero-order chi connectivity index (χ0) is 17.3. The van der Waals surface area contributed by atoms with Crippen molar-refractivity contribution in [2.45, 2.75) is 6.42 Å². The van der Waals surface area contributed by atoms with Gasteiger partial charge in [-0.15, -0.1) is 0 Å². The molecule has 0 saturated carbocycles. The minimum Gasteiger partial charge on any atom is -0.748 e. The van der Waals surface area contributed by atoms with E-state index in [9.17, 15) is 0 Å². The van der Waals surface area contributed by atoms with Crippen molar-refractivity contribution in [3.8, 4) is 16.9 Å². The molecule has 4 rings (SSSR count). The van der Waals surface area contributed by atoms with E-state index in [0.29, 0.717) is 6.26 Å². The number of hydrogen-bond acceptors (Lipinski definition) is 4. The number of hydrogen-bond donors (Lipinski definition) is 0. The number of methoxy groups -OCH3 is 1. The van der Waals surface area contributed by atoms with Gasteiger partial charge in [0.2, 0.25) is 5.52 Å². The highest BCUT2D eigenvalue weighted by Crippen LogP contribution is 2.36. The fourth-order valence-corrected chi connectivity index (χ4v) is 2.88. The third kappa shape index (κ3) is 3.55. The maximum absolute atomic E-state index is 9.08. The van der Waals surface area contributed by atoms with Crippen LogP contribution in [0.1, 0.15) is 11.1 Å². The Hall–Kier alpha value is -2.44. The van der Waals surface area contributed by atoms with Crippen molar-refractivity contribution in [3.05, 3.63) is 66.0 Å². The molecule has 3 aromatic rings. The van der Waals surface area contributed by atoms with E-state index in [-0.39, 0.29) is 0 Å². The largest absolute Gasteiger partial charge is 0.748 e. The molecule has 0 radical (unpaired) electrons. The van der Waals surface area contributed by atoms with E-state index >= 15 is 0 Å². The molecule has 24 heavy (non-hydrogen) atoms. The van der Waals surface area contributed by atoms with Crippen molar-refractivity contribution in [3.63, 3.8) is 0 Å². The van der Waals surface area contributed by atoms with Crippen LogP contribution in [0.25, 0.3) is 16.6 Å². The Bertz CT molecular complexity index is 1000. The van der Waals surface area contributed by atoms with Gasteiger partial charge < -0.3 is 9.29 Å². The summed E-state index contributed by atoms with van der Waals surface area (Å²) in [6, 6.07) is 15.0. The Balaban J connectivity index is 0.000000300. The zero-order valence-corrected chi connectivity index (χ0v) is 14.2. The minimum atomic E-state index is -3.92.